The van der Waals surface area contributed by atoms with Crippen molar-refractivity contribution in [1.29, 1.82) is 0 Å². The van der Waals surface area contributed by atoms with Crippen LogP contribution in [0.4, 0.5) is 27.5 Å². The third-order valence-corrected chi connectivity index (χ3v) is 6.01. The molecular formula is C22H30FN7O3. The maximum absolute atomic E-state index is 14.7. The van der Waals surface area contributed by atoms with Crippen molar-refractivity contribution in [2.75, 3.05) is 48.9 Å². The summed E-state index contributed by atoms with van der Waals surface area (Å²) in [4.78, 5) is 22.9. The predicted octanol–water partition coefficient (Wildman–Crippen LogP) is 1.99. The van der Waals surface area contributed by atoms with Gasteiger partial charge in [-0.25, -0.2) is 14.4 Å². The van der Waals surface area contributed by atoms with Gasteiger partial charge in [0.1, 0.15) is 5.82 Å². The Kier molecular flexibility index (Phi) is 7.09. The lowest BCUT2D eigenvalue weighted by Crippen LogP contribution is -2.43. The van der Waals surface area contributed by atoms with Crippen LogP contribution in [0.15, 0.2) is 18.3 Å². The largest absolute Gasteiger partial charge is 0.493 e. The fraction of sp³-hybridized carbons (Fsp3) is 0.500. The van der Waals surface area contributed by atoms with Crippen LogP contribution in [0.25, 0.3) is 0 Å². The van der Waals surface area contributed by atoms with Crippen molar-refractivity contribution in [2.24, 2.45) is 11.5 Å². The molecule has 178 valence electrons. The molecule has 1 amide bonds. The van der Waals surface area contributed by atoms with Gasteiger partial charge >= 0.3 is 0 Å². The summed E-state index contributed by atoms with van der Waals surface area (Å²) < 4.78 is 25.7. The predicted molar refractivity (Wildman–Crippen MR) is 124 cm³/mol. The second kappa shape index (κ2) is 10.2. The molecule has 6 N–H and O–H groups in total. The highest BCUT2D eigenvalue weighted by atomic mass is 19.1. The van der Waals surface area contributed by atoms with E-state index in [0.29, 0.717) is 43.6 Å². The first-order valence-electron chi connectivity index (χ1n) is 11.1. The molecule has 1 saturated heterocycles. The molecule has 1 saturated carbocycles. The molecule has 2 atom stereocenters. The van der Waals surface area contributed by atoms with Gasteiger partial charge in [0.05, 0.1) is 37.8 Å². The molecule has 3 heterocycles. The molecule has 2 aromatic rings. The topological polar surface area (TPSA) is 141 Å². The number of carbonyl (C=O) groups excluding carboxylic acids is 1. The average Bonchev–Trinajstić information content (AvgIpc) is 2.82. The van der Waals surface area contributed by atoms with Gasteiger partial charge in [0.25, 0.3) is 5.91 Å². The Morgan fingerprint density at radius 2 is 2.00 bits per heavy atom. The van der Waals surface area contributed by atoms with Gasteiger partial charge in [-0.2, -0.15) is 0 Å². The molecule has 0 aromatic carbocycles. The lowest BCUT2D eigenvalue weighted by Gasteiger charge is -2.30. The van der Waals surface area contributed by atoms with Crippen molar-refractivity contribution in [2.45, 2.75) is 37.8 Å². The molecule has 0 bridgehead atoms. The molecule has 33 heavy (non-hydrogen) atoms. The SMILES string of the molecule is COc1cc(Nc2nc(N[C@@H]3CCCC[C@@H]3N)c(F)cc2C(N)=O)cnc1N1CCOCC1. The van der Waals surface area contributed by atoms with Crippen LogP contribution in [0.3, 0.4) is 0 Å². The Bertz CT molecular complexity index is 1000. The maximum atomic E-state index is 14.7. The van der Waals surface area contributed by atoms with Crippen LogP contribution >= 0.6 is 0 Å². The first-order valence-corrected chi connectivity index (χ1v) is 11.1. The zero-order valence-corrected chi connectivity index (χ0v) is 18.6. The number of pyridine rings is 2. The van der Waals surface area contributed by atoms with E-state index in [2.05, 4.69) is 25.5 Å². The van der Waals surface area contributed by atoms with E-state index in [1.165, 1.54) is 0 Å². The number of anilines is 4. The summed E-state index contributed by atoms with van der Waals surface area (Å²) in [5, 5.41) is 6.14. The zero-order chi connectivity index (χ0) is 23.4. The fourth-order valence-corrected chi connectivity index (χ4v) is 4.19. The van der Waals surface area contributed by atoms with Gasteiger partial charge in [-0.05, 0) is 18.9 Å². The number of carbonyl (C=O) groups is 1. The van der Waals surface area contributed by atoms with Gasteiger partial charge in [-0.1, -0.05) is 12.8 Å². The molecule has 2 aliphatic rings. The minimum atomic E-state index is -0.797. The van der Waals surface area contributed by atoms with Crippen LogP contribution in [-0.2, 0) is 4.74 Å². The normalized spacial score (nSPS) is 20.9. The summed E-state index contributed by atoms with van der Waals surface area (Å²) in [6, 6.07) is 2.65. The second-order valence-electron chi connectivity index (χ2n) is 8.25. The van der Waals surface area contributed by atoms with Crippen LogP contribution in [-0.4, -0.2) is 61.4 Å². The van der Waals surface area contributed by atoms with Gasteiger partial charge in [0, 0.05) is 31.2 Å². The molecule has 2 aromatic heterocycles. The number of rotatable bonds is 7. The number of morpholine rings is 1. The molecule has 0 spiro atoms. The Morgan fingerprint density at radius 1 is 1.24 bits per heavy atom. The lowest BCUT2D eigenvalue weighted by atomic mass is 9.91. The summed E-state index contributed by atoms with van der Waals surface area (Å²) in [6.07, 6.45) is 5.36. The van der Waals surface area contributed by atoms with E-state index in [0.717, 1.165) is 31.7 Å². The number of ether oxygens (including phenoxy) is 2. The Balaban J connectivity index is 1.61. The van der Waals surface area contributed by atoms with Gasteiger partial charge in [-0.3, -0.25) is 4.79 Å². The number of hydrogen-bond donors (Lipinski definition) is 4. The number of halogens is 1. The summed E-state index contributed by atoms with van der Waals surface area (Å²) in [6.45, 7) is 2.65. The van der Waals surface area contributed by atoms with Crippen LogP contribution in [0, 0.1) is 5.82 Å². The quantitative estimate of drug-likeness (QED) is 0.489. The van der Waals surface area contributed by atoms with Crippen molar-refractivity contribution >= 4 is 29.0 Å². The molecule has 0 radical (unpaired) electrons. The number of amides is 1. The molecule has 4 rings (SSSR count). The van der Waals surface area contributed by atoms with E-state index in [-0.39, 0.29) is 29.3 Å². The number of nitrogens with two attached hydrogens (primary N) is 2. The first kappa shape index (κ1) is 23.0. The number of nitrogens with zero attached hydrogens (tertiary/aromatic N) is 3. The molecular weight excluding hydrogens is 429 g/mol. The van der Waals surface area contributed by atoms with Crippen LogP contribution in [0.1, 0.15) is 36.0 Å². The highest BCUT2D eigenvalue weighted by Crippen LogP contribution is 2.32. The Labute approximate surface area is 191 Å². The minimum absolute atomic E-state index is 0.0229. The maximum Gasteiger partial charge on any atom is 0.252 e. The molecule has 0 unspecified atom stereocenters. The molecule has 10 nitrogen and oxygen atoms in total. The van der Waals surface area contributed by atoms with Crippen molar-refractivity contribution < 1.29 is 18.7 Å². The van der Waals surface area contributed by atoms with E-state index >= 15 is 0 Å². The van der Waals surface area contributed by atoms with E-state index in [9.17, 15) is 9.18 Å². The molecule has 1 aliphatic carbocycles. The summed E-state index contributed by atoms with van der Waals surface area (Å²) in [7, 11) is 1.56. The Morgan fingerprint density at radius 3 is 2.70 bits per heavy atom. The zero-order valence-electron chi connectivity index (χ0n) is 18.6. The van der Waals surface area contributed by atoms with Gasteiger partial charge in [0.15, 0.2) is 23.2 Å². The Hall–Kier alpha value is -3.18. The van der Waals surface area contributed by atoms with Crippen LogP contribution in [0.5, 0.6) is 5.75 Å². The van der Waals surface area contributed by atoms with Gasteiger partial charge < -0.3 is 36.5 Å². The number of hydrogen-bond acceptors (Lipinski definition) is 9. The number of primary amides is 1. The monoisotopic (exact) mass is 459 g/mol. The first-order chi connectivity index (χ1) is 16.0. The molecule has 2 fully saturated rings. The van der Waals surface area contributed by atoms with E-state index in [1.54, 1.807) is 19.4 Å². The van der Waals surface area contributed by atoms with Crippen LogP contribution < -0.4 is 31.7 Å². The highest BCUT2D eigenvalue weighted by Gasteiger charge is 2.25. The third-order valence-electron chi connectivity index (χ3n) is 6.01. The summed E-state index contributed by atoms with van der Waals surface area (Å²) in [5.74, 6) is -0.0630. The minimum Gasteiger partial charge on any atom is -0.493 e. The summed E-state index contributed by atoms with van der Waals surface area (Å²) in [5.41, 5.74) is 12.1. The van der Waals surface area contributed by atoms with E-state index in [1.807, 2.05) is 0 Å². The van der Waals surface area contributed by atoms with E-state index in [4.69, 9.17) is 20.9 Å². The van der Waals surface area contributed by atoms with Crippen LogP contribution in [0.2, 0.25) is 0 Å². The average molecular weight is 460 g/mol. The van der Waals surface area contributed by atoms with Crippen molar-refractivity contribution in [3.8, 4) is 5.75 Å². The molecule has 11 heteroatoms. The smallest absolute Gasteiger partial charge is 0.252 e. The fourth-order valence-electron chi connectivity index (χ4n) is 4.19. The number of nitrogens with one attached hydrogen (secondary N) is 2. The highest BCUT2D eigenvalue weighted by molar-refractivity contribution is 5.98. The van der Waals surface area contributed by atoms with Crippen molar-refractivity contribution in [3.63, 3.8) is 0 Å². The number of methoxy groups -OCH3 is 1. The van der Waals surface area contributed by atoms with Gasteiger partial charge in [-0.15, -0.1) is 0 Å². The lowest BCUT2D eigenvalue weighted by molar-refractivity contribution is 0.100. The molecule has 1 aliphatic heterocycles. The van der Waals surface area contributed by atoms with Crippen molar-refractivity contribution in [1.82, 2.24) is 9.97 Å². The van der Waals surface area contributed by atoms with E-state index < -0.39 is 11.7 Å². The van der Waals surface area contributed by atoms with Gasteiger partial charge in [0.2, 0.25) is 0 Å². The van der Waals surface area contributed by atoms with Crippen molar-refractivity contribution in [3.05, 3.63) is 29.7 Å². The standard InChI is InChI=1S/C22H30FN7O3/c1-32-18-10-13(12-26-22(18)30-6-8-33-9-7-30)27-20-14(19(25)31)11-15(23)21(29-20)28-17-5-3-2-4-16(17)24/h10-12,16-17H,2-9,24H2,1H3,(H2,25,31)(H2,27,28,29)/t16-,17+/m0/s1. The third kappa shape index (κ3) is 5.25. The summed E-state index contributed by atoms with van der Waals surface area (Å²) >= 11 is 0. The number of aromatic nitrogens is 2. The second-order valence-corrected chi connectivity index (χ2v) is 8.25.